The molecule has 2 N–H and O–H groups in total. The zero-order valence-corrected chi connectivity index (χ0v) is 9.68. The maximum absolute atomic E-state index is 5.08. The van der Waals surface area contributed by atoms with Gasteiger partial charge in [0, 0.05) is 6.07 Å². The highest BCUT2D eigenvalue weighted by Gasteiger charge is 1.98. The summed E-state index contributed by atoms with van der Waals surface area (Å²) in [6.07, 6.45) is 2.35. The summed E-state index contributed by atoms with van der Waals surface area (Å²) in [6, 6.07) is 1.96. The maximum atomic E-state index is 5.08. The largest absolute Gasteiger partial charge is 0.360 e. The van der Waals surface area contributed by atoms with Crippen LogP contribution in [0.1, 0.15) is 31.2 Å². The van der Waals surface area contributed by atoms with Gasteiger partial charge in [-0.1, -0.05) is 12.1 Å². The van der Waals surface area contributed by atoms with Crippen molar-refractivity contribution in [3.8, 4) is 0 Å². The van der Waals surface area contributed by atoms with Crippen LogP contribution in [0.4, 0.5) is 0 Å². The van der Waals surface area contributed by atoms with Crippen LogP contribution in [0.3, 0.4) is 0 Å². The Bertz CT molecular complexity index is 260. The van der Waals surface area contributed by atoms with Gasteiger partial charge in [-0.05, 0) is 39.4 Å². The average molecular weight is 211 g/mol. The van der Waals surface area contributed by atoms with Gasteiger partial charge in [0.05, 0.1) is 12.2 Å². The lowest BCUT2D eigenvalue weighted by molar-refractivity contribution is 0.369. The predicted molar refractivity (Wildman–Crippen MR) is 60.7 cm³/mol. The molecule has 0 saturated carbocycles. The number of nitrogens with one attached hydrogen (secondary N) is 2. The first-order valence-corrected chi connectivity index (χ1v) is 5.66. The maximum Gasteiger partial charge on any atom is 0.150 e. The van der Waals surface area contributed by atoms with Gasteiger partial charge in [-0.2, -0.15) is 0 Å². The fourth-order valence-electron chi connectivity index (χ4n) is 1.35. The minimum Gasteiger partial charge on any atom is -0.360 e. The van der Waals surface area contributed by atoms with Gasteiger partial charge >= 0.3 is 0 Å². The molecule has 4 heteroatoms. The molecule has 0 aliphatic carbocycles. The molecule has 0 unspecified atom stereocenters. The molecular weight excluding hydrogens is 190 g/mol. The molecule has 0 bridgehead atoms. The van der Waals surface area contributed by atoms with Crippen molar-refractivity contribution >= 4 is 0 Å². The molecule has 0 aromatic carbocycles. The standard InChI is InChI=1S/C11H21N3O/c1-3-5-12-6-4-7-13-9-11-8-10(2)14-15-11/h8,12-13H,3-7,9H2,1-2H3. The van der Waals surface area contributed by atoms with Gasteiger partial charge in [-0.3, -0.25) is 0 Å². The van der Waals surface area contributed by atoms with Gasteiger partial charge in [0.1, 0.15) is 0 Å². The number of hydrogen-bond donors (Lipinski definition) is 2. The lowest BCUT2D eigenvalue weighted by Gasteiger charge is -2.03. The zero-order valence-electron chi connectivity index (χ0n) is 9.68. The molecule has 0 aliphatic heterocycles. The summed E-state index contributed by atoms with van der Waals surface area (Å²) in [6.45, 7) is 8.09. The molecule has 0 spiro atoms. The second kappa shape index (κ2) is 7.43. The van der Waals surface area contributed by atoms with Crippen LogP contribution in [0.25, 0.3) is 0 Å². The fraction of sp³-hybridized carbons (Fsp3) is 0.727. The second-order valence-corrected chi connectivity index (χ2v) is 3.71. The van der Waals surface area contributed by atoms with Gasteiger partial charge < -0.3 is 15.2 Å². The smallest absolute Gasteiger partial charge is 0.150 e. The summed E-state index contributed by atoms with van der Waals surface area (Å²) in [5, 5.41) is 10.5. The van der Waals surface area contributed by atoms with E-state index < -0.39 is 0 Å². The molecule has 15 heavy (non-hydrogen) atoms. The van der Waals surface area contributed by atoms with E-state index in [4.69, 9.17) is 4.52 Å². The van der Waals surface area contributed by atoms with Crippen LogP contribution in [-0.2, 0) is 6.54 Å². The molecule has 0 saturated heterocycles. The van der Waals surface area contributed by atoms with E-state index in [9.17, 15) is 0 Å². The third-order valence-corrected chi connectivity index (χ3v) is 2.11. The lowest BCUT2D eigenvalue weighted by atomic mass is 10.3. The van der Waals surface area contributed by atoms with E-state index >= 15 is 0 Å². The first kappa shape index (κ1) is 12.2. The highest BCUT2D eigenvalue weighted by molar-refractivity contribution is 5.02. The molecule has 1 aromatic rings. The van der Waals surface area contributed by atoms with Gasteiger partial charge in [0.25, 0.3) is 0 Å². The third kappa shape index (κ3) is 5.54. The number of nitrogens with zero attached hydrogens (tertiary/aromatic N) is 1. The summed E-state index contributed by atoms with van der Waals surface area (Å²) in [7, 11) is 0. The minimum absolute atomic E-state index is 0.772. The Morgan fingerprint density at radius 3 is 2.73 bits per heavy atom. The van der Waals surface area contributed by atoms with Crippen molar-refractivity contribution in [2.75, 3.05) is 19.6 Å². The van der Waals surface area contributed by atoms with Gasteiger partial charge in [-0.25, -0.2) is 0 Å². The third-order valence-electron chi connectivity index (χ3n) is 2.11. The van der Waals surface area contributed by atoms with E-state index in [1.54, 1.807) is 0 Å². The Balaban J connectivity index is 1.93. The average Bonchev–Trinajstić information content (AvgIpc) is 2.63. The molecule has 0 aliphatic rings. The minimum atomic E-state index is 0.772. The Kier molecular flexibility index (Phi) is 6.04. The highest BCUT2D eigenvalue weighted by atomic mass is 16.5. The molecule has 0 amide bonds. The summed E-state index contributed by atoms with van der Waals surface area (Å²) in [4.78, 5) is 0. The van der Waals surface area contributed by atoms with Crippen molar-refractivity contribution < 1.29 is 4.52 Å². The SMILES string of the molecule is CCCNCCCNCc1cc(C)no1. The second-order valence-electron chi connectivity index (χ2n) is 3.71. The van der Waals surface area contributed by atoms with E-state index in [0.29, 0.717) is 0 Å². The number of aromatic nitrogens is 1. The predicted octanol–water partition coefficient (Wildman–Crippen LogP) is 1.46. The molecule has 1 aromatic heterocycles. The molecule has 4 nitrogen and oxygen atoms in total. The zero-order chi connectivity index (χ0) is 10.9. The molecule has 0 fully saturated rings. The Morgan fingerprint density at radius 1 is 1.27 bits per heavy atom. The molecule has 0 atom stereocenters. The normalized spacial score (nSPS) is 10.8. The fourth-order valence-corrected chi connectivity index (χ4v) is 1.35. The molecule has 1 heterocycles. The monoisotopic (exact) mass is 211 g/mol. The van der Waals surface area contributed by atoms with E-state index in [-0.39, 0.29) is 0 Å². The molecule has 1 rings (SSSR count). The van der Waals surface area contributed by atoms with Crippen molar-refractivity contribution in [3.63, 3.8) is 0 Å². The Labute approximate surface area is 91.4 Å². The summed E-state index contributed by atoms with van der Waals surface area (Å²) < 4.78 is 5.08. The van der Waals surface area contributed by atoms with Crippen LogP contribution in [-0.4, -0.2) is 24.8 Å². The van der Waals surface area contributed by atoms with Gasteiger partial charge in [-0.15, -0.1) is 0 Å². The van der Waals surface area contributed by atoms with Crippen LogP contribution >= 0.6 is 0 Å². The van der Waals surface area contributed by atoms with E-state index in [0.717, 1.165) is 44.1 Å². The van der Waals surface area contributed by atoms with Crippen molar-refractivity contribution in [3.05, 3.63) is 17.5 Å². The molecule has 0 radical (unpaired) electrons. The molecule has 86 valence electrons. The molecular formula is C11H21N3O. The van der Waals surface area contributed by atoms with Crippen LogP contribution in [0.2, 0.25) is 0 Å². The van der Waals surface area contributed by atoms with Crippen molar-refractivity contribution in [1.82, 2.24) is 15.8 Å². The summed E-state index contributed by atoms with van der Waals surface area (Å²) >= 11 is 0. The lowest BCUT2D eigenvalue weighted by Crippen LogP contribution is -2.22. The quantitative estimate of drug-likeness (QED) is 0.639. The van der Waals surface area contributed by atoms with Crippen molar-refractivity contribution in [2.45, 2.75) is 33.2 Å². The first-order valence-electron chi connectivity index (χ1n) is 5.66. The topological polar surface area (TPSA) is 50.1 Å². The van der Waals surface area contributed by atoms with Gasteiger partial charge in [0.15, 0.2) is 5.76 Å². The van der Waals surface area contributed by atoms with Crippen LogP contribution < -0.4 is 10.6 Å². The summed E-state index contributed by atoms with van der Waals surface area (Å²) in [5.41, 5.74) is 0.941. The van der Waals surface area contributed by atoms with Gasteiger partial charge in [0.2, 0.25) is 0 Å². The van der Waals surface area contributed by atoms with E-state index in [2.05, 4.69) is 22.7 Å². The Hall–Kier alpha value is -0.870. The number of aryl methyl sites for hydroxylation is 1. The van der Waals surface area contributed by atoms with Crippen molar-refractivity contribution in [1.29, 1.82) is 0 Å². The van der Waals surface area contributed by atoms with E-state index in [1.165, 1.54) is 6.42 Å². The Morgan fingerprint density at radius 2 is 2.07 bits per heavy atom. The number of rotatable bonds is 8. The summed E-state index contributed by atoms with van der Waals surface area (Å²) in [5.74, 6) is 0.911. The first-order chi connectivity index (χ1) is 7.33. The van der Waals surface area contributed by atoms with Crippen LogP contribution in [0, 0.1) is 6.92 Å². The number of hydrogen-bond acceptors (Lipinski definition) is 4. The highest BCUT2D eigenvalue weighted by Crippen LogP contribution is 2.00. The van der Waals surface area contributed by atoms with E-state index in [1.807, 2.05) is 13.0 Å². The van der Waals surface area contributed by atoms with Crippen LogP contribution in [0.15, 0.2) is 10.6 Å². The van der Waals surface area contributed by atoms with Crippen LogP contribution in [0.5, 0.6) is 0 Å². The van der Waals surface area contributed by atoms with Crippen molar-refractivity contribution in [2.24, 2.45) is 0 Å².